The molecule has 1 aliphatic rings. The number of nitrogens with one attached hydrogen (secondary N) is 3. The van der Waals surface area contributed by atoms with Gasteiger partial charge in [0.25, 0.3) is 5.91 Å². The Labute approximate surface area is 175 Å². The molecule has 31 heavy (non-hydrogen) atoms. The van der Waals surface area contributed by atoms with E-state index in [1.807, 2.05) is 24.3 Å². The van der Waals surface area contributed by atoms with E-state index in [4.69, 9.17) is 0 Å². The van der Waals surface area contributed by atoms with Crippen molar-refractivity contribution < 1.29 is 14.0 Å². The van der Waals surface area contributed by atoms with Gasteiger partial charge in [-0.2, -0.15) is 5.10 Å². The maximum Gasteiger partial charge on any atom is 0.277 e. The second-order valence-electron chi connectivity index (χ2n) is 7.37. The summed E-state index contributed by atoms with van der Waals surface area (Å²) in [6.07, 6.45) is 6.17. The zero-order valence-corrected chi connectivity index (χ0v) is 16.2. The minimum atomic E-state index is -0.489. The number of hydrogen-bond acceptors (Lipinski definition) is 5. The predicted octanol–water partition coefficient (Wildman–Crippen LogP) is 3.76. The minimum Gasteiger partial charge on any atom is -0.324 e. The molecule has 3 N–H and O–H groups in total. The van der Waals surface area contributed by atoms with Gasteiger partial charge in [0.05, 0.1) is 23.6 Å². The molecule has 1 aromatic carbocycles. The Morgan fingerprint density at radius 2 is 1.87 bits per heavy atom. The third kappa shape index (κ3) is 3.97. The van der Waals surface area contributed by atoms with Gasteiger partial charge < -0.3 is 10.6 Å². The molecular weight excluding hydrogens is 399 g/mol. The molecule has 0 radical (unpaired) electrons. The van der Waals surface area contributed by atoms with E-state index in [2.05, 4.69) is 30.8 Å². The first-order valence-electron chi connectivity index (χ1n) is 9.74. The van der Waals surface area contributed by atoms with Crippen LogP contribution in [0.4, 0.5) is 15.9 Å². The lowest BCUT2D eigenvalue weighted by Gasteiger charge is -2.07. The summed E-state index contributed by atoms with van der Waals surface area (Å²) in [6.45, 7) is 0. The molecule has 0 atom stereocenters. The molecule has 0 bridgehead atoms. The van der Waals surface area contributed by atoms with Crippen LogP contribution in [0.1, 0.15) is 23.3 Å². The van der Waals surface area contributed by atoms with Gasteiger partial charge in [-0.25, -0.2) is 9.37 Å². The van der Waals surface area contributed by atoms with Crippen LogP contribution in [0.25, 0.3) is 22.0 Å². The molecule has 154 valence electrons. The Kier molecular flexibility index (Phi) is 4.62. The van der Waals surface area contributed by atoms with E-state index in [0.717, 1.165) is 30.2 Å². The third-order valence-corrected chi connectivity index (χ3v) is 5.03. The Morgan fingerprint density at radius 3 is 2.65 bits per heavy atom. The van der Waals surface area contributed by atoms with Crippen LogP contribution in [0.15, 0.2) is 55.0 Å². The van der Waals surface area contributed by atoms with Gasteiger partial charge in [0.1, 0.15) is 11.6 Å². The fourth-order valence-corrected chi connectivity index (χ4v) is 3.25. The number of carbonyl (C=O) groups excluding carboxylic acids is 2. The van der Waals surface area contributed by atoms with E-state index in [-0.39, 0.29) is 23.3 Å². The monoisotopic (exact) mass is 416 g/mol. The molecular formula is C22H17FN6O2. The van der Waals surface area contributed by atoms with Crippen LogP contribution < -0.4 is 10.6 Å². The molecule has 0 unspecified atom stereocenters. The molecule has 1 fully saturated rings. The van der Waals surface area contributed by atoms with Crippen LogP contribution in [-0.2, 0) is 4.79 Å². The number of nitrogens with zero attached hydrogens (tertiary/aromatic N) is 3. The van der Waals surface area contributed by atoms with E-state index in [1.165, 1.54) is 12.1 Å². The average molecular weight is 416 g/mol. The Balaban J connectivity index is 1.43. The van der Waals surface area contributed by atoms with Gasteiger partial charge in [-0.15, -0.1) is 0 Å². The van der Waals surface area contributed by atoms with Crippen molar-refractivity contribution in [3.05, 3.63) is 66.5 Å². The fraction of sp³-hybridized carbons (Fsp3) is 0.136. The van der Waals surface area contributed by atoms with Gasteiger partial charge in [0.2, 0.25) is 5.91 Å². The standard InChI is InChI=1S/C22H17FN6O2/c23-15-4-6-19(25-10-15)27-22(31)20-17-8-13(3-5-18(17)28-29-20)14-7-16(11-24-9-14)26-21(30)12-1-2-12/h3-12H,1-2H2,(H,26,30)(H,28,29)(H,25,27,31). The summed E-state index contributed by atoms with van der Waals surface area (Å²) >= 11 is 0. The van der Waals surface area contributed by atoms with Crippen molar-refractivity contribution >= 4 is 34.2 Å². The third-order valence-electron chi connectivity index (χ3n) is 5.03. The maximum atomic E-state index is 13.0. The Bertz CT molecular complexity index is 1300. The van der Waals surface area contributed by atoms with E-state index in [1.54, 1.807) is 12.4 Å². The first kappa shape index (κ1) is 18.9. The number of carbonyl (C=O) groups is 2. The second kappa shape index (κ2) is 7.60. The summed E-state index contributed by atoms with van der Waals surface area (Å²) in [6, 6.07) is 9.96. The molecule has 0 saturated heterocycles. The van der Waals surface area contributed by atoms with Crippen LogP contribution in [0.3, 0.4) is 0 Å². The zero-order chi connectivity index (χ0) is 21.4. The molecule has 0 aliphatic heterocycles. The number of aromatic nitrogens is 4. The molecule has 3 aromatic heterocycles. The van der Waals surface area contributed by atoms with Gasteiger partial charge in [-0.1, -0.05) is 6.07 Å². The van der Waals surface area contributed by atoms with Crippen LogP contribution in [0.5, 0.6) is 0 Å². The smallest absolute Gasteiger partial charge is 0.277 e. The topological polar surface area (TPSA) is 113 Å². The highest BCUT2D eigenvalue weighted by atomic mass is 19.1. The molecule has 8 nitrogen and oxygen atoms in total. The summed E-state index contributed by atoms with van der Waals surface area (Å²) < 4.78 is 13.0. The highest BCUT2D eigenvalue weighted by molar-refractivity contribution is 6.11. The van der Waals surface area contributed by atoms with Crippen molar-refractivity contribution in [2.45, 2.75) is 12.8 Å². The largest absolute Gasteiger partial charge is 0.324 e. The number of hydrogen-bond donors (Lipinski definition) is 3. The summed E-state index contributed by atoms with van der Waals surface area (Å²) in [7, 11) is 0. The van der Waals surface area contributed by atoms with Crippen molar-refractivity contribution in [1.29, 1.82) is 0 Å². The van der Waals surface area contributed by atoms with Crippen LogP contribution in [-0.4, -0.2) is 32.0 Å². The number of halogens is 1. The van der Waals surface area contributed by atoms with Gasteiger partial charge in [-0.05, 0) is 48.7 Å². The normalized spacial score (nSPS) is 13.2. The summed E-state index contributed by atoms with van der Waals surface area (Å²) in [5.74, 6) is -0.620. The quantitative estimate of drug-likeness (QED) is 0.459. The van der Waals surface area contributed by atoms with Crippen molar-refractivity contribution in [3.63, 3.8) is 0 Å². The molecule has 9 heteroatoms. The van der Waals surface area contributed by atoms with Crippen molar-refractivity contribution in [2.24, 2.45) is 5.92 Å². The van der Waals surface area contributed by atoms with Gasteiger partial charge >= 0.3 is 0 Å². The van der Waals surface area contributed by atoms with E-state index >= 15 is 0 Å². The highest BCUT2D eigenvalue weighted by Crippen LogP contribution is 2.31. The lowest BCUT2D eigenvalue weighted by Crippen LogP contribution is -2.13. The molecule has 3 heterocycles. The lowest BCUT2D eigenvalue weighted by molar-refractivity contribution is -0.117. The average Bonchev–Trinajstić information content (AvgIpc) is 3.54. The number of H-pyrrole nitrogens is 1. The van der Waals surface area contributed by atoms with Crippen molar-refractivity contribution in [3.8, 4) is 11.1 Å². The number of benzene rings is 1. The number of amides is 2. The molecule has 1 aliphatic carbocycles. The molecule has 1 saturated carbocycles. The number of rotatable bonds is 5. The number of pyridine rings is 2. The summed E-state index contributed by atoms with van der Waals surface area (Å²) in [5.41, 5.74) is 3.12. The summed E-state index contributed by atoms with van der Waals surface area (Å²) in [4.78, 5) is 32.8. The predicted molar refractivity (Wildman–Crippen MR) is 113 cm³/mol. The summed E-state index contributed by atoms with van der Waals surface area (Å²) in [5, 5.41) is 13.1. The molecule has 5 rings (SSSR count). The van der Waals surface area contributed by atoms with Crippen molar-refractivity contribution in [2.75, 3.05) is 10.6 Å². The zero-order valence-electron chi connectivity index (χ0n) is 16.2. The van der Waals surface area contributed by atoms with E-state index in [0.29, 0.717) is 16.6 Å². The fourth-order valence-electron chi connectivity index (χ4n) is 3.25. The van der Waals surface area contributed by atoms with Crippen molar-refractivity contribution in [1.82, 2.24) is 20.2 Å². The Hall–Kier alpha value is -4.14. The van der Waals surface area contributed by atoms with Crippen LogP contribution in [0, 0.1) is 11.7 Å². The minimum absolute atomic E-state index is 0.0117. The van der Waals surface area contributed by atoms with E-state index < -0.39 is 11.7 Å². The van der Waals surface area contributed by atoms with Gasteiger partial charge in [-0.3, -0.25) is 19.7 Å². The van der Waals surface area contributed by atoms with E-state index in [9.17, 15) is 14.0 Å². The first-order valence-corrected chi connectivity index (χ1v) is 9.74. The Morgan fingerprint density at radius 1 is 1.00 bits per heavy atom. The van der Waals surface area contributed by atoms with Gasteiger partial charge in [0.15, 0.2) is 5.69 Å². The van der Waals surface area contributed by atoms with Crippen LogP contribution in [0.2, 0.25) is 0 Å². The van der Waals surface area contributed by atoms with Gasteiger partial charge in [0, 0.05) is 23.1 Å². The number of aromatic amines is 1. The first-order chi connectivity index (χ1) is 15.1. The maximum absolute atomic E-state index is 13.0. The second-order valence-corrected chi connectivity index (χ2v) is 7.37. The highest BCUT2D eigenvalue weighted by Gasteiger charge is 2.29. The number of fused-ring (bicyclic) bond motifs is 1. The van der Waals surface area contributed by atoms with Crippen LogP contribution >= 0.6 is 0 Å². The SMILES string of the molecule is O=C(Nc1ccc(F)cn1)c1n[nH]c2ccc(-c3cncc(NC(=O)C4CC4)c3)cc12. The lowest BCUT2D eigenvalue weighted by atomic mass is 10.0. The molecule has 0 spiro atoms. The number of anilines is 2. The molecule has 4 aromatic rings. The molecule has 2 amide bonds.